The van der Waals surface area contributed by atoms with Gasteiger partial charge >= 0.3 is 5.69 Å². The molecule has 1 aliphatic heterocycles. The molecule has 1 aliphatic carbocycles. The number of thiophene rings is 1. The van der Waals surface area contributed by atoms with Gasteiger partial charge in [0.25, 0.3) is 11.5 Å². The average Bonchev–Trinajstić information content (AvgIpc) is 3.16. The minimum absolute atomic E-state index is 0.0134. The average molecular weight is 454 g/mol. The van der Waals surface area contributed by atoms with Gasteiger partial charge in [0.15, 0.2) is 6.61 Å². The summed E-state index contributed by atoms with van der Waals surface area (Å²) in [7, 11) is 0. The van der Waals surface area contributed by atoms with Gasteiger partial charge in [-0.2, -0.15) is 0 Å². The highest BCUT2D eigenvalue weighted by Crippen LogP contribution is 2.33. The lowest BCUT2D eigenvalue weighted by Crippen LogP contribution is -2.40. The van der Waals surface area contributed by atoms with E-state index >= 15 is 0 Å². The van der Waals surface area contributed by atoms with Crippen molar-refractivity contribution in [2.45, 2.75) is 58.0 Å². The van der Waals surface area contributed by atoms with Crippen LogP contribution in [0.3, 0.4) is 0 Å². The summed E-state index contributed by atoms with van der Waals surface area (Å²) in [4.78, 5) is 45.1. The van der Waals surface area contributed by atoms with Crippen molar-refractivity contribution in [3.05, 3.63) is 61.1 Å². The Morgan fingerprint density at radius 2 is 1.91 bits per heavy atom. The molecule has 0 radical (unpaired) electrons. The molecule has 0 unspecified atom stereocenters. The standard InChI is InChI=1S/C24H27N3O4S/c1-15-7-9-17(10-8-15)31-14-20(28)26-12-11-18-19(13-26)32-22-21(18)23(29)27(24(30)25-22)16-5-3-2-4-6-16/h7-10,16H,2-6,11-14H2,1H3,(H,25,30). The van der Waals surface area contributed by atoms with Gasteiger partial charge in [-0.15, -0.1) is 11.3 Å². The fourth-order valence-corrected chi connectivity index (χ4v) is 6.09. The number of hydrogen-bond acceptors (Lipinski definition) is 5. The number of aromatic nitrogens is 2. The van der Waals surface area contributed by atoms with Crippen molar-refractivity contribution in [1.29, 1.82) is 0 Å². The summed E-state index contributed by atoms with van der Waals surface area (Å²) in [6, 6.07) is 7.60. The van der Waals surface area contributed by atoms with E-state index in [1.165, 1.54) is 15.9 Å². The predicted octanol–water partition coefficient (Wildman–Crippen LogP) is 3.53. The number of benzene rings is 1. The number of nitrogens with one attached hydrogen (secondary N) is 1. The summed E-state index contributed by atoms with van der Waals surface area (Å²) in [6.45, 7) is 2.96. The van der Waals surface area contributed by atoms with E-state index in [0.29, 0.717) is 35.5 Å². The summed E-state index contributed by atoms with van der Waals surface area (Å²) >= 11 is 1.42. The van der Waals surface area contributed by atoms with E-state index in [2.05, 4.69) is 4.98 Å². The first-order valence-electron chi connectivity index (χ1n) is 11.3. The Hall–Kier alpha value is -2.87. The number of hydrogen-bond donors (Lipinski definition) is 1. The number of aromatic amines is 1. The van der Waals surface area contributed by atoms with Crippen LogP contribution in [0.25, 0.3) is 10.2 Å². The molecule has 168 valence electrons. The van der Waals surface area contributed by atoms with Crippen molar-refractivity contribution in [2.24, 2.45) is 0 Å². The lowest BCUT2D eigenvalue weighted by molar-refractivity contribution is -0.134. The molecule has 3 heterocycles. The third-order valence-electron chi connectivity index (χ3n) is 6.60. The number of fused-ring (bicyclic) bond motifs is 3. The van der Waals surface area contributed by atoms with Crippen molar-refractivity contribution in [2.75, 3.05) is 13.2 Å². The molecule has 32 heavy (non-hydrogen) atoms. The van der Waals surface area contributed by atoms with Gasteiger partial charge in [0.2, 0.25) is 0 Å². The molecule has 8 heteroatoms. The van der Waals surface area contributed by atoms with E-state index in [1.54, 1.807) is 4.90 Å². The van der Waals surface area contributed by atoms with E-state index in [-0.39, 0.29) is 29.8 Å². The summed E-state index contributed by atoms with van der Waals surface area (Å²) in [6.07, 6.45) is 5.64. The molecule has 2 aliphatic rings. The zero-order chi connectivity index (χ0) is 22.2. The van der Waals surface area contributed by atoms with Gasteiger partial charge in [-0.05, 0) is 43.9 Å². The van der Waals surface area contributed by atoms with Gasteiger partial charge in [-0.25, -0.2) is 4.79 Å². The Balaban J connectivity index is 1.37. The van der Waals surface area contributed by atoms with Gasteiger partial charge in [0.05, 0.1) is 11.9 Å². The maximum atomic E-state index is 13.3. The van der Waals surface area contributed by atoms with Crippen molar-refractivity contribution >= 4 is 27.5 Å². The third-order valence-corrected chi connectivity index (χ3v) is 7.74. The molecule has 1 aromatic carbocycles. The van der Waals surface area contributed by atoms with Crippen LogP contribution in [0.5, 0.6) is 5.75 Å². The molecule has 0 saturated heterocycles. The Kier molecular flexibility index (Phi) is 5.63. The van der Waals surface area contributed by atoms with Gasteiger partial charge in [-0.3, -0.25) is 19.1 Å². The lowest BCUT2D eigenvalue weighted by Gasteiger charge is -2.27. The normalized spacial score (nSPS) is 16.8. The van der Waals surface area contributed by atoms with Gasteiger partial charge in [0.1, 0.15) is 10.6 Å². The van der Waals surface area contributed by atoms with Crippen LogP contribution >= 0.6 is 11.3 Å². The Labute approximate surface area is 189 Å². The molecule has 7 nitrogen and oxygen atoms in total. The maximum absolute atomic E-state index is 13.3. The molecule has 0 spiro atoms. The van der Waals surface area contributed by atoms with Crippen LogP contribution in [0, 0.1) is 6.92 Å². The molecule has 1 fully saturated rings. The number of rotatable bonds is 4. The second kappa shape index (κ2) is 8.58. The molecular formula is C24H27N3O4S. The number of carbonyl (C=O) groups is 1. The topological polar surface area (TPSA) is 84.4 Å². The Morgan fingerprint density at radius 3 is 2.66 bits per heavy atom. The van der Waals surface area contributed by atoms with Crippen LogP contribution in [0.1, 0.15) is 54.1 Å². The molecule has 1 amide bonds. The highest BCUT2D eigenvalue weighted by atomic mass is 32.1. The molecule has 3 aromatic rings. The largest absolute Gasteiger partial charge is 0.484 e. The van der Waals surface area contributed by atoms with E-state index in [0.717, 1.165) is 48.1 Å². The molecule has 5 rings (SSSR count). The SMILES string of the molecule is Cc1ccc(OCC(=O)N2CCc3c(sc4[nH]c(=O)n(C5CCCCC5)c(=O)c34)C2)cc1. The van der Waals surface area contributed by atoms with Crippen molar-refractivity contribution in [3.8, 4) is 5.75 Å². The highest BCUT2D eigenvalue weighted by molar-refractivity contribution is 7.18. The van der Waals surface area contributed by atoms with Crippen molar-refractivity contribution < 1.29 is 9.53 Å². The molecule has 0 atom stereocenters. The predicted molar refractivity (Wildman–Crippen MR) is 125 cm³/mol. The van der Waals surface area contributed by atoms with Gasteiger partial charge < -0.3 is 9.64 Å². The quantitative estimate of drug-likeness (QED) is 0.655. The number of aryl methyl sites for hydroxylation is 1. The highest BCUT2D eigenvalue weighted by Gasteiger charge is 2.28. The van der Waals surface area contributed by atoms with Crippen LogP contribution in [-0.4, -0.2) is 33.5 Å². The summed E-state index contributed by atoms with van der Waals surface area (Å²) in [5.41, 5.74) is 1.64. The number of nitrogens with zero attached hydrogens (tertiary/aromatic N) is 2. The fraction of sp³-hybridized carbons (Fsp3) is 0.458. The fourth-order valence-electron chi connectivity index (χ4n) is 4.84. The van der Waals surface area contributed by atoms with E-state index in [4.69, 9.17) is 4.74 Å². The van der Waals surface area contributed by atoms with Crippen molar-refractivity contribution in [1.82, 2.24) is 14.5 Å². The Morgan fingerprint density at radius 1 is 1.16 bits per heavy atom. The first-order valence-corrected chi connectivity index (χ1v) is 12.1. The smallest absolute Gasteiger partial charge is 0.329 e. The monoisotopic (exact) mass is 453 g/mol. The minimum Gasteiger partial charge on any atom is -0.484 e. The van der Waals surface area contributed by atoms with Crippen LogP contribution < -0.4 is 16.0 Å². The summed E-state index contributed by atoms with van der Waals surface area (Å²) in [5.74, 6) is 0.589. The number of ether oxygens (including phenoxy) is 1. The van der Waals surface area contributed by atoms with Gasteiger partial charge in [-0.1, -0.05) is 37.0 Å². The van der Waals surface area contributed by atoms with E-state index < -0.39 is 0 Å². The minimum atomic E-state index is -0.313. The summed E-state index contributed by atoms with van der Waals surface area (Å²) in [5, 5.41) is 0.637. The second-order valence-corrected chi connectivity index (χ2v) is 9.88. The molecule has 1 saturated carbocycles. The molecule has 1 N–H and O–H groups in total. The number of carbonyl (C=O) groups excluding carboxylic acids is 1. The number of amides is 1. The van der Waals surface area contributed by atoms with E-state index in [9.17, 15) is 14.4 Å². The third kappa shape index (κ3) is 3.88. The Bertz CT molecular complexity index is 1270. The second-order valence-electron chi connectivity index (χ2n) is 8.77. The summed E-state index contributed by atoms with van der Waals surface area (Å²) < 4.78 is 7.10. The molecule has 2 aromatic heterocycles. The van der Waals surface area contributed by atoms with Crippen LogP contribution in [0.2, 0.25) is 0 Å². The first kappa shape index (κ1) is 21.0. The van der Waals surface area contributed by atoms with E-state index in [1.807, 2.05) is 31.2 Å². The zero-order valence-electron chi connectivity index (χ0n) is 18.2. The maximum Gasteiger partial charge on any atom is 0.329 e. The van der Waals surface area contributed by atoms with Crippen LogP contribution in [-0.2, 0) is 17.8 Å². The lowest BCUT2D eigenvalue weighted by atomic mass is 9.95. The van der Waals surface area contributed by atoms with Gasteiger partial charge in [0, 0.05) is 17.5 Å². The first-order chi connectivity index (χ1) is 15.5. The van der Waals surface area contributed by atoms with Crippen LogP contribution in [0.4, 0.5) is 0 Å². The molecule has 0 bridgehead atoms. The zero-order valence-corrected chi connectivity index (χ0v) is 19.0. The molecular weight excluding hydrogens is 426 g/mol. The number of H-pyrrole nitrogens is 1. The van der Waals surface area contributed by atoms with Crippen molar-refractivity contribution in [3.63, 3.8) is 0 Å². The van der Waals surface area contributed by atoms with Crippen LogP contribution in [0.15, 0.2) is 33.9 Å².